The van der Waals surface area contributed by atoms with E-state index in [4.69, 9.17) is 22.3 Å². The van der Waals surface area contributed by atoms with Crippen molar-refractivity contribution in [3.63, 3.8) is 0 Å². The maximum absolute atomic E-state index is 14.5. The summed E-state index contributed by atoms with van der Waals surface area (Å²) in [4.78, 5) is 133. The molecule has 3 aromatic rings. The molecule has 8 atom stereocenters. The number of nitrogens with one attached hydrogen (secondary N) is 7. The van der Waals surface area contributed by atoms with Crippen molar-refractivity contribution in [1.29, 1.82) is 0 Å². The van der Waals surface area contributed by atoms with E-state index >= 15 is 0 Å². The minimum Gasteiger partial charge on any atom is -0.508 e. The van der Waals surface area contributed by atoms with Gasteiger partial charge in [-0.15, -0.1) is 0 Å². The fraction of sp³-hybridized carbons (Fsp3) is 0.444. The highest BCUT2D eigenvalue weighted by Crippen LogP contribution is 2.25. The highest BCUT2D eigenvalue weighted by Gasteiger charge is 2.40. The summed E-state index contributed by atoms with van der Waals surface area (Å²) < 4.78 is 0. The van der Waals surface area contributed by atoms with Crippen molar-refractivity contribution in [3.8, 4) is 5.75 Å². The van der Waals surface area contributed by atoms with Crippen molar-refractivity contribution in [3.05, 3.63) is 83.9 Å². The van der Waals surface area contributed by atoms with E-state index in [1.807, 2.05) is 0 Å². The maximum atomic E-state index is 14.5. The fourth-order valence-electron chi connectivity index (χ4n) is 7.73. The Morgan fingerprint density at radius 1 is 0.833 bits per heavy atom. The summed E-state index contributed by atoms with van der Waals surface area (Å²) in [7, 11) is 2.11. The highest BCUT2D eigenvalue weighted by molar-refractivity contribution is 8.76. The van der Waals surface area contributed by atoms with Crippen LogP contribution in [0.3, 0.4) is 0 Å². The van der Waals surface area contributed by atoms with Crippen LogP contribution in [0, 0.1) is 0 Å². The summed E-state index contributed by atoms with van der Waals surface area (Å²) in [6, 6.07) is 3.87. The SMILES string of the molecule is NC(N)=NCCC[C@H](NC(=O)[C@@H](N)CC(=O)O)C(=O)N[C@@H]1CSSC[C@@H](C(=O)N[C@@H](Cc2cnc[nH]2)C(=O)N2CCC[C@H]2C(=O)N[C@@H](Cc2ccccc2)C(=O)O)NC(=O)[C@H](Cc2ccc(O)cc2)NC1=O. The quantitative estimate of drug-likeness (QED) is 0.0212. The molecule has 3 heterocycles. The molecule has 16 N–H and O–H groups in total. The number of carboxylic acid groups (broad SMARTS) is 2. The molecule has 7 amide bonds. The molecule has 2 fully saturated rings. The van der Waals surface area contributed by atoms with Gasteiger partial charge in [0.05, 0.1) is 18.8 Å². The van der Waals surface area contributed by atoms with E-state index in [1.54, 1.807) is 30.3 Å². The van der Waals surface area contributed by atoms with Gasteiger partial charge in [-0.2, -0.15) is 0 Å². The minimum absolute atomic E-state index is 0.00464. The van der Waals surface area contributed by atoms with Crippen molar-refractivity contribution in [2.24, 2.45) is 22.2 Å². The molecule has 0 bridgehead atoms. The third kappa shape index (κ3) is 17.2. The number of aromatic nitrogens is 2. The van der Waals surface area contributed by atoms with Crippen LogP contribution >= 0.6 is 21.6 Å². The maximum Gasteiger partial charge on any atom is 0.326 e. The molecule has 5 rings (SSSR count). The molecule has 72 heavy (non-hydrogen) atoms. The van der Waals surface area contributed by atoms with Crippen molar-refractivity contribution < 1.29 is 58.5 Å². The number of hydrogen-bond donors (Lipinski definition) is 13. The van der Waals surface area contributed by atoms with E-state index in [-0.39, 0.29) is 74.8 Å². The van der Waals surface area contributed by atoms with Gasteiger partial charge in [0.2, 0.25) is 41.4 Å². The Bertz CT molecular complexity index is 2410. The zero-order chi connectivity index (χ0) is 52.3. The predicted octanol–water partition coefficient (Wildman–Crippen LogP) is -2.62. The third-order valence-corrected chi connectivity index (χ3v) is 13.9. The second kappa shape index (κ2) is 27.3. The number of nitrogens with zero attached hydrogens (tertiary/aromatic N) is 3. The van der Waals surface area contributed by atoms with Crippen LogP contribution in [-0.4, -0.2) is 162 Å². The van der Waals surface area contributed by atoms with Crippen LogP contribution in [0.4, 0.5) is 0 Å². The molecule has 388 valence electrons. The number of aromatic hydroxyl groups is 1. The number of carbonyl (C=O) groups excluding carboxylic acids is 7. The predicted molar refractivity (Wildman–Crippen MR) is 263 cm³/mol. The lowest BCUT2D eigenvalue weighted by atomic mass is 10.0. The van der Waals surface area contributed by atoms with Crippen molar-refractivity contribution in [1.82, 2.24) is 46.8 Å². The van der Waals surface area contributed by atoms with Crippen LogP contribution in [0.5, 0.6) is 5.75 Å². The van der Waals surface area contributed by atoms with E-state index in [0.717, 1.165) is 21.6 Å². The molecule has 0 saturated carbocycles. The van der Waals surface area contributed by atoms with Gasteiger partial charge >= 0.3 is 11.9 Å². The number of amides is 7. The molecule has 2 aliphatic rings. The number of guanidine groups is 1. The van der Waals surface area contributed by atoms with E-state index in [9.17, 15) is 53.4 Å². The molecule has 27 heteroatoms. The standard InChI is InChI=1S/C45H59N13O12S2/c46-28(19-36(60)61)37(62)52-29(8-4-14-50-45(47)48)38(63)56-33-21-71-72-22-34(57-39(64)30(53-40(33)65)16-25-10-12-27(59)13-11-25)41(66)54-31(18-26-20-49-23-51-26)43(68)58-15-5-9-35(58)42(67)55-32(44(69)70)17-24-6-2-1-3-7-24/h1-3,6-7,10-13,20,23,28-35,59H,4-5,8-9,14-19,21-22,46H2,(H,49,51)(H,52,62)(H,53,65)(H,54,66)(H,55,67)(H,56,63)(H,57,64)(H,60,61)(H,69,70)(H4,47,48,50)/t28-,29-,30-,31-,32-,33+,34-,35-/m0/s1. The van der Waals surface area contributed by atoms with Gasteiger partial charge in [-0.3, -0.25) is 43.3 Å². The zero-order valence-corrected chi connectivity index (χ0v) is 40.5. The lowest BCUT2D eigenvalue weighted by molar-refractivity contribution is -0.145. The summed E-state index contributed by atoms with van der Waals surface area (Å²) in [5.41, 5.74) is 18.2. The summed E-state index contributed by atoms with van der Waals surface area (Å²) in [6.07, 6.45) is 2.53. The van der Waals surface area contributed by atoms with Crippen LogP contribution in [0.15, 0.2) is 72.1 Å². The van der Waals surface area contributed by atoms with Gasteiger partial charge in [-0.05, 0) is 48.9 Å². The molecule has 2 aromatic carbocycles. The van der Waals surface area contributed by atoms with Crippen LogP contribution in [0.2, 0.25) is 0 Å². The fourth-order valence-corrected chi connectivity index (χ4v) is 10.1. The first kappa shape index (κ1) is 55.5. The first-order valence-electron chi connectivity index (χ1n) is 22.8. The lowest BCUT2D eigenvalue weighted by Gasteiger charge is -2.30. The second-order valence-electron chi connectivity index (χ2n) is 17.0. The largest absolute Gasteiger partial charge is 0.508 e. The van der Waals surface area contributed by atoms with E-state index < -0.39 is 108 Å². The van der Waals surface area contributed by atoms with Gasteiger partial charge < -0.3 is 74.3 Å². The third-order valence-electron chi connectivity index (χ3n) is 11.5. The molecule has 1 aromatic heterocycles. The second-order valence-corrected chi connectivity index (χ2v) is 19.5. The van der Waals surface area contributed by atoms with Crippen LogP contribution in [0.1, 0.15) is 48.9 Å². The number of hydrogen-bond acceptors (Lipinski definition) is 15. The number of carboxylic acids is 2. The summed E-state index contributed by atoms with van der Waals surface area (Å²) >= 11 is 0. The monoisotopic (exact) mass is 1040 g/mol. The molecule has 0 spiro atoms. The zero-order valence-electron chi connectivity index (χ0n) is 38.9. The molecule has 25 nitrogen and oxygen atoms in total. The van der Waals surface area contributed by atoms with E-state index in [0.29, 0.717) is 23.2 Å². The van der Waals surface area contributed by atoms with Gasteiger partial charge in [-0.25, -0.2) is 9.78 Å². The minimum atomic E-state index is -1.51. The Morgan fingerprint density at radius 3 is 2.21 bits per heavy atom. The molecule has 0 unspecified atom stereocenters. The van der Waals surface area contributed by atoms with Gasteiger partial charge in [0.25, 0.3) is 0 Å². The molecule has 2 aliphatic heterocycles. The number of aliphatic carboxylic acids is 2. The number of carbonyl (C=O) groups is 9. The Labute approximate surface area is 420 Å². The van der Waals surface area contributed by atoms with E-state index in [1.165, 1.54) is 41.7 Å². The number of rotatable bonds is 22. The number of phenolic OH excluding ortho intramolecular Hbond substituents is 1. The van der Waals surface area contributed by atoms with Gasteiger partial charge in [0.1, 0.15) is 48.0 Å². The van der Waals surface area contributed by atoms with Crippen molar-refractivity contribution >= 4 is 80.8 Å². The molecule has 0 aliphatic carbocycles. The summed E-state index contributed by atoms with van der Waals surface area (Å²) in [5.74, 6) is -8.77. The Kier molecular flexibility index (Phi) is 21.0. The lowest BCUT2D eigenvalue weighted by Crippen LogP contribution is -2.61. The average Bonchev–Trinajstić information content (AvgIpc) is 4.05. The van der Waals surface area contributed by atoms with Gasteiger partial charge in [0, 0.05) is 55.7 Å². The summed E-state index contributed by atoms with van der Waals surface area (Å²) in [6.45, 7) is 0.177. The summed E-state index contributed by atoms with van der Waals surface area (Å²) in [5, 5.41) is 44.8. The molecule has 2 saturated heterocycles. The molecular weight excluding hydrogens is 979 g/mol. The van der Waals surface area contributed by atoms with Gasteiger partial charge in [0.15, 0.2) is 5.96 Å². The van der Waals surface area contributed by atoms with Crippen molar-refractivity contribution in [2.45, 2.75) is 99.7 Å². The number of aliphatic imine (C=N–C) groups is 1. The average molecular weight is 1040 g/mol. The number of benzene rings is 2. The number of imidazole rings is 1. The highest BCUT2D eigenvalue weighted by atomic mass is 33.1. The smallest absolute Gasteiger partial charge is 0.326 e. The van der Waals surface area contributed by atoms with Crippen LogP contribution < -0.4 is 49.1 Å². The number of aromatic amines is 1. The number of phenols is 1. The normalized spacial score (nSPS) is 19.9. The van der Waals surface area contributed by atoms with Crippen LogP contribution in [0.25, 0.3) is 0 Å². The Hall–Kier alpha value is -7.39. The first-order chi connectivity index (χ1) is 34.4. The van der Waals surface area contributed by atoms with E-state index in [2.05, 4.69) is 46.9 Å². The number of likely N-dealkylation sites (tertiary alicyclic amines) is 1. The molecular formula is C45H59N13O12S2. The Balaban J connectivity index is 1.36. The van der Waals surface area contributed by atoms with Crippen LogP contribution in [-0.2, 0) is 62.4 Å². The number of nitrogens with two attached hydrogens (primary N) is 3. The Morgan fingerprint density at radius 2 is 1.54 bits per heavy atom. The van der Waals surface area contributed by atoms with Gasteiger partial charge in [-0.1, -0.05) is 64.1 Å². The number of H-pyrrole nitrogens is 1. The molecule has 0 radical (unpaired) electrons. The topological polar surface area (TPSA) is 409 Å². The van der Waals surface area contributed by atoms with Crippen molar-refractivity contribution in [2.75, 3.05) is 24.6 Å². The first-order valence-corrected chi connectivity index (χ1v) is 25.3.